The first-order valence-electron chi connectivity index (χ1n) is 11.4. The van der Waals surface area contributed by atoms with Crippen molar-refractivity contribution in [2.45, 2.75) is 30.9 Å². The molecule has 3 N–H and O–H groups in total. The van der Waals surface area contributed by atoms with Gasteiger partial charge in [0.25, 0.3) is 5.56 Å². The monoisotopic (exact) mass is 544 g/mol. The van der Waals surface area contributed by atoms with E-state index in [9.17, 15) is 13.8 Å². The number of nitrogens with zero attached hydrogens (tertiary/aromatic N) is 3. The summed E-state index contributed by atoms with van der Waals surface area (Å²) in [6.07, 6.45) is 5.37. The zero-order valence-corrected chi connectivity index (χ0v) is 22.0. The molecule has 1 saturated carbocycles. The van der Waals surface area contributed by atoms with E-state index in [1.807, 2.05) is 26.0 Å². The Labute approximate surface area is 219 Å². The molecule has 36 heavy (non-hydrogen) atoms. The molecule has 1 fully saturated rings. The largest absolute Gasteiger partial charge is 0.385 e. The maximum Gasteiger partial charge on any atom is 0.331 e. The van der Waals surface area contributed by atoms with E-state index in [4.69, 9.17) is 11.6 Å². The van der Waals surface area contributed by atoms with Crippen molar-refractivity contribution in [1.82, 2.24) is 19.3 Å². The summed E-state index contributed by atoms with van der Waals surface area (Å²) >= 11 is 6.95. The Morgan fingerprint density at radius 1 is 1.14 bits per heavy atom. The average molecular weight is 545 g/mol. The maximum atomic E-state index is 13.0. The molecule has 12 heteroatoms. The molecule has 3 heterocycles. The zero-order chi connectivity index (χ0) is 25.7. The number of halogens is 1. The highest BCUT2D eigenvalue weighted by Gasteiger charge is 2.20. The fourth-order valence-electron chi connectivity index (χ4n) is 3.27. The summed E-state index contributed by atoms with van der Waals surface area (Å²) in [5, 5.41) is 6.43. The zero-order valence-electron chi connectivity index (χ0n) is 19.7. The van der Waals surface area contributed by atoms with Crippen LogP contribution >= 0.6 is 22.9 Å². The second-order valence-corrected chi connectivity index (χ2v) is 10.9. The number of hydrogen-bond donors (Lipinski definition) is 3. The van der Waals surface area contributed by atoms with E-state index in [1.165, 1.54) is 29.9 Å². The number of aromatic nitrogens is 3. The van der Waals surface area contributed by atoms with Crippen LogP contribution in [0.2, 0.25) is 4.34 Å². The van der Waals surface area contributed by atoms with Crippen molar-refractivity contribution < 1.29 is 9.00 Å². The molecular formula is C24H25ClN6O3S2. The SMILES string of the molecule is CC.O=C(Nc1ccc(-n2cnc3cc(NCC4CC4)ccc3c2=O)nc1)NS(=O)c1ccc(Cl)s1. The Balaban J connectivity index is 0.00000148. The maximum absolute atomic E-state index is 13.0. The van der Waals surface area contributed by atoms with Crippen molar-refractivity contribution in [2.24, 2.45) is 5.92 Å². The molecule has 1 aliphatic carbocycles. The van der Waals surface area contributed by atoms with Gasteiger partial charge in [-0.3, -0.25) is 14.1 Å². The smallest absolute Gasteiger partial charge is 0.331 e. The van der Waals surface area contributed by atoms with Gasteiger partial charge in [-0.1, -0.05) is 25.4 Å². The van der Waals surface area contributed by atoms with Crippen molar-refractivity contribution in [3.63, 3.8) is 0 Å². The lowest BCUT2D eigenvalue weighted by molar-refractivity contribution is 0.257. The number of carbonyl (C=O) groups excluding carboxylic acids is 1. The van der Waals surface area contributed by atoms with Crippen molar-refractivity contribution >= 4 is 62.2 Å². The van der Waals surface area contributed by atoms with Crippen LogP contribution in [0, 0.1) is 5.92 Å². The number of benzene rings is 1. The number of urea groups is 1. The minimum Gasteiger partial charge on any atom is -0.385 e. The van der Waals surface area contributed by atoms with Crippen LogP contribution in [0.4, 0.5) is 16.2 Å². The van der Waals surface area contributed by atoms with E-state index < -0.39 is 17.0 Å². The normalized spacial score (nSPS) is 13.4. The van der Waals surface area contributed by atoms with Crippen molar-refractivity contribution in [2.75, 3.05) is 17.2 Å². The number of thiophene rings is 1. The van der Waals surface area contributed by atoms with Crippen molar-refractivity contribution in [3.05, 3.63) is 69.7 Å². The number of hydrogen-bond acceptors (Lipinski definition) is 7. The summed E-state index contributed by atoms with van der Waals surface area (Å²) in [5.74, 6) is 1.10. The Hall–Kier alpha value is -3.28. The van der Waals surface area contributed by atoms with Gasteiger partial charge in [0.05, 0.1) is 27.1 Å². The van der Waals surface area contributed by atoms with Crippen LogP contribution in [0.15, 0.2) is 64.0 Å². The summed E-state index contributed by atoms with van der Waals surface area (Å²) < 4.78 is 16.8. The highest BCUT2D eigenvalue weighted by atomic mass is 35.5. The van der Waals surface area contributed by atoms with Gasteiger partial charge in [-0.2, -0.15) is 0 Å². The van der Waals surface area contributed by atoms with Gasteiger partial charge in [0.2, 0.25) is 0 Å². The third kappa shape index (κ3) is 6.28. The number of amides is 2. The minimum absolute atomic E-state index is 0.241. The van der Waals surface area contributed by atoms with E-state index in [0.717, 1.165) is 29.5 Å². The van der Waals surface area contributed by atoms with Gasteiger partial charge in [0.15, 0.2) is 11.0 Å². The average Bonchev–Trinajstić information content (AvgIpc) is 3.62. The number of pyridine rings is 1. The Morgan fingerprint density at radius 3 is 2.58 bits per heavy atom. The van der Waals surface area contributed by atoms with Gasteiger partial charge < -0.3 is 10.6 Å². The van der Waals surface area contributed by atoms with Gasteiger partial charge in [0, 0.05) is 12.2 Å². The van der Waals surface area contributed by atoms with Crippen LogP contribution < -0.4 is 20.9 Å². The van der Waals surface area contributed by atoms with Crippen molar-refractivity contribution in [3.8, 4) is 5.82 Å². The topological polar surface area (TPSA) is 118 Å². The lowest BCUT2D eigenvalue weighted by Gasteiger charge is -2.10. The molecule has 0 aliphatic heterocycles. The molecule has 3 aromatic heterocycles. The van der Waals surface area contributed by atoms with E-state index in [2.05, 4.69) is 25.3 Å². The third-order valence-corrected chi connectivity index (χ3v) is 7.82. The van der Waals surface area contributed by atoms with Crippen molar-refractivity contribution in [1.29, 1.82) is 0 Å². The molecule has 1 aliphatic rings. The molecule has 2 amide bonds. The first-order chi connectivity index (χ1) is 17.5. The number of rotatable bonds is 7. The van der Waals surface area contributed by atoms with E-state index in [1.54, 1.807) is 30.3 Å². The Kier molecular flexibility index (Phi) is 8.34. The van der Waals surface area contributed by atoms with Crippen LogP contribution in [0.5, 0.6) is 0 Å². The molecule has 188 valence electrons. The summed E-state index contributed by atoms with van der Waals surface area (Å²) in [6, 6.07) is 11.2. The number of nitrogens with one attached hydrogen (secondary N) is 3. The molecule has 1 unspecified atom stereocenters. The second kappa shape index (κ2) is 11.6. The summed E-state index contributed by atoms with van der Waals surface area (Å²) in [5.41, 5.74) is 1.68. The van der Waals surface area contributed by atoms with Crippen LogP contribution in [0.25, 0.3) is 16.7 Å². The van der Waals surface area contributed by atoms with E-state index in [-0.39, 0.29) is 5.56 Å². The molecule has 9 nitrogen and oxygen atoms in total. The number of carbonyl (C=O) groups is 1. The molecule has 1 atom stereocenters. The molecular weight excluding hydrogens is 520 g/mol. The number of fused-ring (bicyclic) bond motifs is 1. The van der Waals surface area contributed by atoms with Gasteiger partial charge in [-0.05, 0) is 61.2 Å². The molecule has 0 spiro atoms. The van der Waals surface area contributed by atoms with E-state index in [0.29, 0.717) is 31.0 Å². The Morgan fingerprint density at radius 2 is 1.92 bits per heavy atom. The van der Waals surface area contributed by atoms with Crippen LogP contribution in [-0.4, -0.2) is 31.3 Å². The highest BCUT2D eigenvalue weighted by molar-refractivity contribution is 7.86. The fraction of sp³-hybridized carbons (Fsp3) is 0.250. The first-order valence-corrected chi connectivity index (χ1v) is 13.8. The minimum atomic E-state index is -1.73. The van der Waals surface area contributed by atoms with E-state index >= 15 is 0 Å². The van der Waals surface area contributed by atoms with Gasteiger partial charge in [-0.15, -0.1) is 11.3 Å². The first kappa shape index (κ1) is 25.8. The Bertz CT molecular complexity index is 1450. The van der Waals surface area contributed by atoms with Gasteiger partial charge in [-0.25, -0.2) is 19.0 Å². The predicted octanol–water partition coefficient (Wildman–Crippen LogP) is 5.19. The third-order valence-electron chi connectivity index (χ3n) is 5.22. The molecule has 0 radical (unpaired) electrons. The van der Waals surface area contributed by atoms with Crippen LogP contribution in [-0.2, 0) is 11.0 Å². The van der Waals surface area contributed by atoms with Crippen LogP contribution in [0.3, 0.4) is 0 Å². The lowest BCUT2D eigenvalue weighted by Crippen LogP contribution is -2.30. The summed E-state index contributed by atoms with van der Waals surface area (Å²) in [4.78, 5) is 33.8. The molecule has 4 aromatic rings. The predicted molar refractivity (Wildman–Crippen MR) is 146 cm³/mol. The fourth-order valence-corrected chi connectivity index (χ4v) is 5.39. The molecule has 0 saturated heterocycles. The second-order valence-electron chi connectivity index (χ2n) is 7.76. The van der Waals surface area contributed by atoms with Crippen LogP contribution in [0.1, 0.15) is 26.7 Å². The standard InChI is InChI=1S/C22H19ClN6O3S2.C2H6/c23-18-6-8-20(33-18)34(32)28-22(31)27-15-4-7-19(25-11-15)29-12-26-17-9-14(24-10-13-1-2-13)3-5-16(17)21(29)30;1-2/h3-9,11-13,24H,1-2,10H2,(H2,27,28,31);1-2H3. The molecule has 1 aromatic carbocycles. The quantitative estimate of drug-likeness (QED) is 0.295. The summed E-state index contributed by atoms with van der Waals surface area (Å²) in [6.45, 7) is 4.93. The van der Waals surface area contributed by atoms with Gasteiger partial charge in [0.1, 0.15) is 16.4 Å². The molecule has 0 bridgehead atoms. The summed E-state index contributed by atoms with van der Waals surface area (Å²) in [7, 11) is -1.73. The highest BCUT2D eigenvalue weighted by Crippen LogP contribution is 2.29. The number of anilines is 2. The lowest BCUT2D eigenvalue weighted by atomic mass is 10.2. The molecule has 5 rings (SSSR count). The van der Waals surface area contributed by atoms with Gasteiger partial charge >= 0.3 is 6.03 Å².